The second-order valence-corrected chi connectivity index (χ2v) is 5.32. The van der Waals surface area contributed by atoms with Crippen LogP contribution in [0, 0.1) is 17.1 Å². The predicted molar refractivity (Wildman–Crippen MR) is 80.2 cm³/mol. The number of nitriles is 1. The number of anilines is 1. The Labute approximate surface area is 127 Å². The number of aromatic nitrogens is 2. The summed E-state index contributed by atoms with van der Waals surface area (Å²) in [5.41, 5.74) is 0.330. The molecule has 1 aliphatic rings. The molecule has 2 aromatic rings. The van der Waals surface area contributed by atoms with Gasteiger partial charge in [-0.1, -0.05) is 12.1 Å². The first kappa shape index (κ1) is 14.3. The average Bonchev–Trinajstić information content (AvgIpc) is 3.00. The molecule has 1 fully saturated rings. The van der Waals surface area contributed by atoms with Gasteiger partial charge >= 0.3 is 0 Å². The molecule has 5 nitrogen and oxygen atoms in total. The van der Waals surface area contributed by atoms with Crippen LogP contribution in [0.2, 0.25) is 0 Å². The van der Waals surface area contributed by atoms with Crippen LogP contribution in [-0.2, 0) is 6.42 Å². The minimum absolute atomic E-state index is 0.0462. The minimum atomic E-state index is -0.439. The average molecular weight is 298 g/mol. The van der Waals surface area contributed by atoms with Crippen LogP contribution in [0.15, 0.2) is 29.1 Å². The normalized spacial score (nSPS) is 14.1. The maximum Gasteiger partial charge on any atom is 0.271 e. The smallest absolute Gasteiger partial charge is 0.271 e. The molecule has 6 heteroatoms. The van der Waals surface area contributed by atoms with Gasteiger partial charge in [0.05, 0.1) is 0 Å². The highest BCUT2D eigenvalue weighted by Gasteiger charge is 2.20. The van der Waals surface area contributed by atoms with Crippen LogP contribution in [-0.4, -0.2) is 23.1 Å². The van der Waals surface area contributed by atoms with E-state index >= 15 is 0 Å². The molecule has 0 atom stereocenters. The van der Waals surface area contributed by atoms with Gasteiger partial charge in [-0.3, -0.25) is 4.79 Å². The van der Waals surface area contributed by atoms with Gasteiger partial charge in [-0.15, -0.1) is 0 Å². The number of hydrogen-bond acceptors (Lipinski definition) is 4. The third-order valence-corrected chi connectivity index (χ3v) is 3.73. The number of hydrogen-bond donors (Lipinski definition) is 1. The Hall–Kier alpha value is -2.68. The second-order valence-electron chi connectivity index (χ2n) is 5.32. The minimum Gasteiger partial charge on any atom is -0.355 e. The monoisotopic (exact) mass is 298 g/mol. The van der Waals surface area contributed by atoms with E-state index < -0.39 is 5.56 Å². The van der Waals surface area contributed by atoms with Crippen molar-refractivity contribution >= 4 is 5.82 Å². The molecular weight excluding hydrogens is 283 g/mol. The molecule has 1 aliphatic heterocycles. The summed E-state index contributed by atoms with van der Waals surface area (Å²) in [7, 11) is 0. The Morgan fingerprint density at radius 2 is 2.14 bits per heavy atom. The van der Waals surface area contributed by atoms with Gasteiger partial charge in [-0.05, 0) is 30.5 Å². The molecule has 2 heterocycles. The lowest BCUT2D eigenvalue weighted by Crippen LogP contribution is -2.26. The van der Waals surface area contributed by atoms with E-state index in [2.05, 4.69) is 9.97 Å². The van der Waals surface area contributed by atoms with Crippen molar-refractivity contribution < 1.29 is 4.39 Å². The summed E-state index contributed by atoms with van der Waals surface area (Å²) in [6.07, 6.45) is 2.37. The zero-order chi connectivity index (χ0) is 15.5. The van der Waals surface area contributed by atoms with Crippen LogP contribution in [0.1, 0.15) is 29.8 Å². The number of nitrogens with zero attached hydrogens (tertiary/aromatic N) is 3. The highest BCUT2D eigenvalue weighted by molar-refractivity contribution is 5.53. The first-order valence-electron chi connectivity index (χ1n) is 7.20. The summed E-state index contributed by atoms with van der Waals surface area (Å²) in [4.78, 5) is 21.1. The van der Waals surface area contributed by atoms with Crippen molar-refractivity contribution in [2.75, 3.05) is 18.0 Å². The fraction of sp³-hybridized carbons (Fsp3) is 0.312. The van der Waals surface area contributed by atoms with Crippen LogP contribution in [0.3, 0.4) is 0 Å². The number of benzene rings is 1. The molecule has 1 aromatic carbocycles. The van der Waals surface area contributed by atoms with E-state index in [0.717, 1.165) is 31.5 Å². The maximum atomic E-state index is 13.2. The maximum absolute atomic E-state index is 13.2. The number of H-pyrrole nitrogens is 1. The second kappa shape index (κ2) is 5.98. The van der Waals surface area contributed by atoms with Gasteiger partial charge < -0.3 is 9.88 Å². The Morgan fingerprint density at radius 3 is 2.82 bits per heavy atom. The van der Waals surface area contributed by atoms with Crippen molar-refractivity contribution in [3.63, 3.8) is 0 Å². The molecule has 3 rings (SSSR count). The van der Waals surface area contributed by atoms with Crippen LogP contribution in [0.4, 0.5) is 10.2 Å². The molecule has 0 spiro atoms. The number of aromatic amines is 1. The first-order chi connectivity index (χ1) is 10.7. The van der Waals surface area contributed by atoms with Crippen molar-refractivity contribution in [1.82, 2.24) is 9.97 Å². The molecule has 0 radical (unpaired) electrons. The predicted octanol–water partition coefficient (Wildman–Crippen LogP) is 1.97. The van der Waals surface area contributed by atoms with Gasteiger partial charge in [0.1, 0.15) is 17.7 Å². The highest BCUT2D eigenvalue weighted by Crippen LogP contribution is 2.20. The van der Waals surface area contributed by atoms with E-state index in [1.54, 1.807) is 12.1 Å². The van der Waals surface area contributed by atoms with E-state index in [1.807, 2.05) is 11.0 Å². The molecule has 0 aliphatic carbocycles. The van der Waals surface area contributed by atoms with Crippen LogP contribution < -0.4 is 10.5 Å². The molecule has 1 saturated heterocycles. The summed E-state index contributed by atoms with van der Waals surface area (Å²) < 4.78 is 13.2. The van der Waals surface area contributed by atoms with Crippen LogP contribution in [0.25, 0.3) is 0 Å². The zero-order valence-corrected chi connectivity index (χ0v) is 12.0. The highest BCUT2D eigenvalue weighted by atomic mass is 19.1. The van der Waals surface area contributed by atoms with Gasteiger partial charge in [0.2, 0.25) is 0 Å². The van der Waals surface area contributed by atoms with E-state index in [0.29, 0.717) is 18.1 Å². The first-order valence-corrected chi connectivity index (χ1v) is 7.20. The fourth-order valence-corrected chi connectivity index (χ4v) is 2.69. The molecular formula is C16H15FN4O. The summed E-state index contributed by atoms with van der Waals surface area (Å²) in [6, 6.07) is 8.11. The van der Waals surface area contributed by atoms with Gasteiger partial charge in [0.25, 0.3) is 5.56 Å². The SMILES string of the molecule is N#Cc1c(N2CCCC2)nc(Cc2cccc(F)c2)[nH]c1=O. The van der Waals surface area contributed by atoms with Crippen molar-refractivity contribution in [2.24, 2.45) is 0 Å². The van der Waals surface area contributed by atoms with Gasteiger partial charge in [-0.2, -0.15) is 5.26 Å². The topological polar surface area (TPSA) is 72.8 Å². The molecule has 0 saturated carbocycles. The standard InChI is InChI=1S/C16H15FN4O/c17-12-5-3-4-11(8-12)9-14-19-15(21-6-1-2-7-21)13(10-18)16(22)20-14/h3-5,8H,1-2,6-7,9H2,(H,19,20,22). The molecule has 112 valence electrons. The summed E-state index contributed by atoms with van der Waals surface area (Å²) in [5, 5.41) is 9.19. The largest absolute Gasteiger partial charge is 0.355 e. The van der Waals surface area contributed by atoms with Crippen LogP contribution in [0.5, 0.6) is 0 Å². The molecule has 1 aromatic heterocycles. The fourth-order valence-electron chi connectivity index (χ4n) is 2.69. The van der Waals surface area contributed by atoms with E-state index in [4.69, 9.17) is 0 Å². The third-order valence-electron chi connectivity index (χ3n) is 3.73. The number of nitrogens with one attached hydrogen (secondary N) is 1. The zero-order valence-electron chi connectivity index (χ0n) is 12.0. The number of halogens is 1. The van der Waals surface area contributed by atoms with E-state index in [-0.39, 0.29) is 11.4 Å². The molecule has 1 N–H and O–H groups in total. The lowest BCUT2D eigenvalue weighted by atomic mass is 10.1. The summed E-state index contributed by atoms with van der Waals surface area (Å²) in [6.45, 7) is 1.59. The van der Waals surface area contributed by atoms with Crippen molar-refractivity contribution in [3.05, 3.63) is 57.4 Å². The Balaban J connectivity index is 1.99. The molecule has 22 heavy (non-hydrogen) atoms. The lowest BCUT2D eigenvalue weighted by Gasteiger charge is -2.18. The lowest BCUT2D eigenvalue weighted by molar-refractivity contribution is 0.625. The number of rotatable bonds is 3. The Kier molecular flexibility index (Phi) is 3.88. The Bertz CT molecular complexity index is 787. The molecule has 0 unspecified atom stereocenters. The quantitative estimate of drug-likeness (QED) is 0.940. The van der Waals surface area contributed by atoms with Crippen molar-refractivity contribution in [2.45, 2.75) is 19.3 Å². The van der Waals surface area contributed by atoms with Gasteiger partial charge in [-0.25, -0.2) is 9.37 Å². The van der Waals surface area contributed by atoms with Crippen molar-refractivity contribution in [3.8, 4) is 6.07 Å². The van der Waals surface area contributed by atoms with Crippen molar-refractivity contribution in [1.29, 1.82) is 5.26 Å². The van der Waals surface area contributed by atoms with E-state index in [9.17, 15) is 14.4 Å². The van der Waals surface area contributed by atoms with Gasteiger partial charge in [0.15, 0.2) is 11.4 Å². The van der Waals surface area contributed by atoms with Gasteiger partial charge in [0, 0.05) is 19.5 Å². The van der Waals surface area contributed by atoms with E-state index in [1.165, 1.54) is 12.1 Å². The summed E-state index contributed by atoms with van der Waals surface area (Å²) >= 11 is 0. The Morgan fingerprint density at radius 1 is 1.36 bits per heavy atom. The van der Waals surface area contributed by atoms with Crippen LogP contribution >= 0.6 is 0 Å². The molecule has 0 amide bonds. The third kappa shape index (κ3) is 2.84. The summed E-state index contributed by atoms with van der Waals surface area (Å²) in [5.74, 6) is 0.555. The molecule has 0 bridgehead atoms.